The lowest BCUT2D eigenvalue weighted by molar-refractivity contribution is 0.101. The van der Waals surface area contributed by atoms with Gasteiger partial charge in [-0.2, -0.15) is 0 Å². The van der Waals surface area contributed by atoms with Crippen LogP contribution in [0.4, 0.5) is 0 Å². The fourth-order valence-corrected chi connectivity index (χ4v) is 3.16. The Balaban J connectivity index is 2.27. The van der Waals surface area contributed by atoms with Crippen LogP contribution in [-0.4, -0.2) is 40.1 Å². The highest BCUT2D eigenvalue weighted by molar-refractivity contribution is 6.31. The molecule has 1 aromatic carbocycles. The van der Waals surface area contributed by atoms with Crippen molar-refractivity contribution in [1.82, 2.24) is 4.90 Å². The van der Waals surface area contributed by atoms with Crippen LogP contribution in [0.1, 0.15) is 48.5 Å². The summed E-state index contributed by atoms with van der Waals surface area (Å²) in [6, 6.07) is 3.30. The first-order chi connectivity index (χ1) is 10.0. The molecule has 1 atom stereocenters. The summed E-state index contributed by atoms with van der Waals surface area (Å²) in [5, 5.41) is 20.3. The second-order valence-corrected chi connectivity index (χ2v) is 6.11. The lowest BCUT2D eigenvalue weighted by Gasteiger charge is -2.29. The van der Waals surface area contributed by atoms with Crippen LogP contribution in [0.25, 0.3) is 0 Å². The molecule has 116 valence electrons. The van der Waals surface area contributed by atoms with Gasteiger partial charge in [0.15, 0.2) is 5.78 Å². The molecule has 1 aliphatic heterocycles. The number of hydrogen-bond donors (Lipinski definition) is 2. The highest BCUT2D eigenvalue weighted by Gasteiger charge is 2.22. The van der Waals surface area contributed by atoms with E-state index < -0.39 is 0 Å². The van der Waals surface area contributed by atoms with E-state index in [0.717, 1.165) is 32.2 Å². The first-order valence-electron chi connectivity index (χ1n) is 7.40. The zero-order chi connectivity index (χ0) is 15.4. The van der Waals surface area contributed by atoms with Crippen molar-refractivity contribution in [2.24, 2.45) is 0 Å². The molecule has 1 fully saturated rings. The van der Waals surface area contributed by atoms with Gasteiger partial charge >= 0.3 is 0 Å². The number of ketones is 1. The molecule has 1 heterocycles. The Kier molecular flexibility index (Phi) is 5.62. The molecule has 0 aromatic heterocycles. The number of halogens is 1. The number of hydrogen-bond acceptors (Lipinski definition) is 4. The Morgan fingerprint density at radius 3 is 2.81 bits per heavy atom. The van der Waals surface area contributed by atoms with E-state index in [1.54, 1.807) is 6.07 Å². The van der Waals surface area contributed by atoms with Gasteiger partial charge in [0.05, 0.1) is 12.2 Å². The Hall–Kier alpha value is -1.10. The van der Waals surface area contributed by atoms with Crippen LogP contribution in [0.2, 0.25) is 5.02 Å². The minimum absolute atomic E-state index is 0.00726. The van der Waals surface area contributed by atoms with Gasteiger partial charge in [0.2, 0.25) is 0 Å². The van der Waals surface area contributed by atoms with E-state index in [9.17, 15) is 15.0 Å². The highest BCUT2D eigenvalue weighted by Crippen LogP contribution is 2.30. The second kappa shape index (κ2) is 7.25. The molecular weight excluding hydrogens is 290 g/mol. The zero-order valence-corrected chi connectivity index (χ0v) is 13.1. The van der Waals surface area contributed by atoms with Crippen molar-refractivity contribution in [3.63, 3.8) is 0 Å². The molecule has 0 saturated carbocycles. The topological polar surface area (TPSA) is 60.8 Å². The van der Waals surface area contributed by atoms with Crippen LogP contribution in [0.5, 0.6) is 5.75 Å². The van der Waals surface area contributed by atoms with Gasteiger partial charge < -0.3 is 10.2 Å². The predicted molar refractivity (Wildman–Crippen MR) is 82.9 cm³/mol. The van der Waals surface area contributed by atoms with E-state index in [1.807, 2.05) is 0 Å². The summed E-state index contributed by atoms with van der Waals surface area (Å²) in [4.78, 5) is 13.7. The molecule has 21 heavy (non-hydrogen) atoms. The Bertz CT molecular complexity index is 518. The van der Waals surface area contributed by atoms with Crippen LogP contribution in [-0.2, 0) is 6.54 Å². The van der Waals surface area contributed by atoms with Gasteiger partial charge in [0.1, 0.15) is 5.75 Å². The molecule has 1 aliphatic rings. The van der Waals surface area contributed by atoms with Crippen molar-refractivity contribution < 1.29 is 15.0 Å². The van der Waals surface area contributed by atoms with Gasteiger partial charge in [-0.1, -0.05) is 24.4 Å². The largest absolute Gasteiger partial charge is 0.507 e. The predicted octanol–water partition coefficient (Wildman–Crippen LogP) is 2.99. The van der Waals surface area contributed by atoms with Crippen LogP contribution in [0, 0.1) is 0 Å². The number of Topliss-reactive ketones (excluding diaryl/α,β-unsaturated/α-hetero) is 1. The van der Waals surface area contributed by atoms with Crippen molar-refractivity contribution >= 4 is 17.4 Å². The van der Waals surface area contributed by atoms with E-state index in [0.29, 0.717) is 17.1 Å². The van der Waals surface area contributed by atoms with E-state index in [1.165, 1.54) is 13.0 Å². The third-order valence-corrected chi connectivity index (χ3v) is 4.33. The maximum absolute atomic E-state index is 11.6. The van der Waals surface area contributed by atoms with Crippen LogP contribution in [0.15, 0.2) is 12.1 Å². The normalized spacial score (nSPS) is 20.2. The van der Waals surface area contributed by atoms with Crippen LogP contribution >= 0.6 is 11.6 Å². The number of nitrogens with zero attached hydrogens (tertiary/aromatic N) is 1. The average Bonchev–Trinajstić information content (AvgIpc) is 2.67. The Morgan fingerprint density at radius 1 is 1.38 bits per heavy atom. The molecule has 2 N–H and O–H groups in total. The number of likely N-dealkylation sites (tertiary alicyclic amines) is 1. The molecule has 1 saturated heterocycles. The minimum atomic E-state index is -0.203. The van der Waals surface area contributed by atoms with Crippen molar-refractivity contribution in [1.29, 1.82) is 0 Å². The smallest absolute Gasteiger partial charge is 0.163 e. The SMILES string of the molecule is CC(=O)c1cc(Cl)cc(CN2CCCCCC2CO)c1O. The van der Waals surface area contributed by atoms with Crippen molar-refractivity contribution in [3.05, 3.63) is 28.3 Å². The number of rotatable bonds is 4. The number of aromatic hydroxyl groups is 1. The molecule has 0 amide bonds. The molecule has 0 spiro atoms. The Morgan fingerprint density at radius 2 is 2.14 bits per heavy atom. The van der Waals surface area contributed by atoms with Crippen molar-refractivity contribution in [3.8, 4) is 5.75 Å². The van der Waals surface area contributed by atoms with Gasteiger partial charge in [-0.05, 0) is 38.4 Å². The van der Waals surface area contributed by atoms with Crippen molar-refractivity contribution in [2.45, 2.75) is 45.2 Å². The maximum atomic E-state index is 11.6. The number of benzene rings is 1. The van der Waals surface area contributed by atoms with Gasteiger partial charge in [-0.25, -0.2) is 0 Å². The van der Waals surface area contributed by atoms with Gasteiger partial charge in [0, 0.05) is 23.2 Å². The number of phenols is 1. The summed E-state index contributed by atoms with van der Waals surface area (Å²) in [6.45, 7) is 2.91. The molecule has 0 aliphatic carbocycles. The zero-order valence-electron chi connectivity index (χ0n) is 12.3. The lowest BCUT2D eigenvalue weighted by atomic mass is 10.0. The molecule has 2 rings (SSSR count). The van der Waals surface area contributed by atoms with Crippen LogP contribution < -0.4 is 0 Å². The molecule has 1 aromatic rings. The second-order valence-electron chi connectivity index (χ2n) is 5.67. The Labute approximate surface area is 130 Å². The number of phenolic OH excluding ortho intramolecular Hbond substituents is 1. The average molecular weight is 312 g/mol. The summed E-state index contributed by atoms with van der Waals surface area (Å²) in [5.41, 5.74) is 0.904. The summed E-state index contributed by atoms with van der Waals surface area (Å²) in [6.07, 6.45) is 4.31. The number of aliphatic hydroxyl groups is 1. The summed E-state index contributed by atoms with van der Waals surface area (Å²) in [7, 11) is 0. The first kappa shape index (κ1) is 16.3. The summed E-state index contributed by atoms with van der Waals surface area (Å²) >= 11 is 6.06. The fraction of sp³-hybridized carbons (Fsp3) is 0.562. The number of carbonyl (C=O) groups is 1. The maximum Gasteiger partial charge on any atom is 0.163 e. The van der Waals surface area contributed by atoms with E-state index >= 15 is 0 Å². The number of aliphatic hydroxyl groups excluding tert-OH is 1. The van der Waals surface area contributed by atoms with Crippen LogP contribution in [0.3, 0.4) is 0 Å². The lowest BCUT2D eigenvalue weighted by Crippen LogP contribution is -2.37. The minimum Gasteiger partial charge on any atom is -0.507 e. The van der Waals surface area contributed by atoms with E-state index in [4.69, 9.17) is 11.6 Å². The van der Waals surface area contributed by atoms with Gasteiger partial charge in [-0.3, -0.25) is 9.69 Å². The third-order valence-electron chi connectivity index (χ3n) is 4.12. The monoisotopic (exact) mass is 311 g/mol. The standard InChI is InChI=1S/C16H22ClNO3/c1-11(20)15-8-13(17)7-12(16(15)21)9-18-6-4-2-3-5-14(18)10-19/h7-8,14,19,21H,2-6,9-10H2,1H3. The molecular formula is C16H22ClNO3. The highest BCUT2D eigenvalue weighted by atomic mass is 35.5. The molecule has 0 bridgehead atoms. The first-order valence-corrected chi connectivity index (χ1v) is 7.78. The quantitative estimate of drug-likeness (QED) is 0.839. The summed E-state index contributed by atoms with van der Waals surface area (Å²) in [5.74, 6) is -0.196. The molecule has 5 heteroatoms. The van der Waals surface area contributed by atoms with E-state index in [-0.39, 0.29) is 29.7 Å². The van der Waals surface area contributed by atoms with E-state index in [2.05, 4.69) is 4.90 Å². The third kappa shape index (κ3) is 3.96. The molecule has 4 nitrogen and oxygen atoms in total. The summed E-state index contributed by atoms with van der Waals surface area (Å²) < 4.78 is 0. The molecule has 1 unspecified atom stereocenters. The van der Waals surface area contributed by atoms with Gasteiger partial charge in [-0.15, -0.1) is 0 Å². The number of carbonyl (C=O) groups excluding carboxylic acids is 1. The van der Waals surface area contributed by atoms with Gasteiger partial charge in [0.25, 0.3) is 0 Å². The fourth-order valence-electron chi connectivity index (χ4n) is 2.92. The van der Waals surface area contributed by atoms with Crippen molar-refractivity contribution in [2.75, 3.05) is 13.2 Å². The molecule has 0 radical (unpaired) electrons.